The van der Waals surface area contributed by atoms with Crippen molar-refractivity contribution in [3.63, 3.8) is 0 Å². The van der Waals surface area contributed by atoms with Gasteiger partial charge in [0.15, 0.2) is 5.96 Å². The van der Waals surface area contributed by atoms with E-state index in [0.717, 1.165) is 38.2 Å². The number of guanidine groups is 1. The average molecular weight is 375 g/mol. The third-order valence-corrected chi connectivity index (χ3v) is 5.57. The molecule has 0 atom stereocenters. The minimum atomic E-state index is -0.196. The van der Waals surface area contributed by atoms with Crippen LogP contribution in [-0.2, 0) is 10.2 Å². The monoisotopic (exact) mass is 374 g/mol. The molecule has 2 saturated carbocycles. The van der Waals surface area contributed by atoms with Crippen molar-refractivity contribution in [2.24, 2.45) is 10.9 Å². The van der Waals surface area contributed by atoms with Gasteiger partial charge in [-0.15, -0.1) is 0 Å². The molecule has 1 aromatic carbocycles. The molecule has 27 heavy (non-hydrogen) atoms. The standard InChI is InChI=1S/C21H31FN4O/c1-2-23-20(25-14-13-24-19(27)16-5-6-16)26-15-21(11-3-4-12-21)17-7-9-18(22)10-8-17/h7-10,16H,2-6,11-15H2,1H3,(H,24,27)(H2,23,25,26). The summed E-state index contributed by atoms with van der Waals surface area (Å²) in [6, 6.07) is 6.91. The van der Waals surface area contributed by atoms with E-state index < -0.39 is 0 Å². The fourth-order valence-electron chi connectivity index (χ4n) is 3.82. The van der Waals surface area contributed by atoms with Crippen molar-refractivity contribution in [1.82, 2.24) is 16.0 Å². The number of halogens is 1. The van der Waals surface area contributed by atoms with Gasteiger partial charge in [0.1, 0.15) is 5.82 Å². The minimum absolute atomic E-state index is 0.00373. The predicted molar refractivity (Wildman–Crippen MR) is 106 cm³/mol. The van der Waals surface area contributed by atoms with Crippen LogP contribution in [0.4, 0.5) is 4.39 Å². The molecule has 148 valence electrons. The molecule has 0 heterocycles. The molecular formula is C21H31FN4O. The summed E-state index contributed by atoms with van der Waals surface area (Å²) in [7, 11) is 0. The van der Waals surface area contributed by atoms with Crippen LogP contribution in [0.2, 0.25) is 0 Å². The Bertz CT molecular complexity index is 649. The second-order valence-electron chi connectivity index (χ2n) is 7.68. The highest BCUT2D eigenvalue weighted by molar-refractivity contribution is 5.81. The molecule has 0 saturated heterocycles. The molecule has 6 heteroatoms. The van der Waals surface area contributed by atoms with E-state index in [4.69, 9.17) is 4.99 Å². The van der Waals surface area contributed by atoms with E-state index in [9.17, 15) is 9.18 Å². The van der Waals surface area contributed by atoms with Gasteiger partial charge in [0.25, 0.3) is 0 Å². The summed E-state index contributed by atoms with van der Waals surface area (Å²) in [5.74, 6) is 0.981. The molecule has 2 aliphatic rings. The summed E-state index contributed by atoms with van der Waals surface area (Å²) in [6.07, 6.45) is 6.58. The summed E-state index contributed by atoms with van der Waals surface area (Å²) in [4.78, 5) is 16.5. The maximum Gasteiger partial charge on any atom is 0.223 e. The van der Waals surface area contributed by atoms with Crippen molar-refractivity contribution in [3.8, 4) is 0 Å². The first-order valence-electron chi connectivity index (χ1n) is 10.2. The van der Waals surface area contributed by atoms with Crippen molar-refractivity contribution in [2.45, 2.75) is 50.9 Å². The maximum atomic E-state index is 13.3. The molecule has 2 fully saturated rings. The number of benzene rings is 1. The van der Waals surface area contributed by atoms with E-state index in [1.54, 1.807) is 12.1 Å². The molecule has 0 spiro atoms. The summed E-state index contributed by atoms with van der Waals surface area (Å²) >= 11 is 0. The second-order valence-corrected chi connectivity index (χ2v) is 7.68. The van der Waals surface area contributed by atoms with Gasteiger partial charge >= 0.3 is 0 Å². The van der Waals surface area contributed by atoms with Gasteiger partial charge in [-0.1, -0.05) is 25.0 Å². The Morgan fingerprint density at radius 3 is 2.41 bits per heavy atom. The molecule has 3 rings (SSSR count). The summed E-state index contributed by atoms with van der Waals surface area (Å²) < 4.78 is 13.3. The van der Waals surface area contributed by atoms with E-state index in [0.29, 0.717) is 19.6 Å². The molecule has 3 N–H and O–H groups in total. The number of amides is 1. The van der Waals surface area contributed by atoms with Crippen LogP contribution in [0.1, 0.15) is 51.0 Å². The molecule has 1 aromatic rings. The number of nitrogens with one attached hydrogen (secondary N) is 3. The fraction of sp³-hybridized carbons (Fsp3) is 0.619. The zero-order valence-electron chi connectivity index (χ0n) is 16.2. The number of hydrogen-bond acceptors (Lipinski definition) is 2. The lowest BCUT2D eigenvalue weighted by Gasteiger charge is -2.28. The molecular weight excluding hydrogens is 343 g/mol. The first-order chi connectivity index (χ1) is 13.1. The molecule has 0 radical (unpaired) electrons. The summed E-state index contributed by atoms with van der Waals surface area (Å²) in [5.41, 5.74) is 1.17. The summed E-state index contributed by atoms with van der Waals surface area (Å²) in [5, 5.41) is 9.53. The van der Waals surface area contributed by atoms with Crippen molar-refractivity contribution in [2.75, 3.05) is 26.2 Å². The highest BCUT2D eigenvalue weighted by Crippen LogP contribution is 2.41. The molecule has 0 unspecified atom stereocenters. The Labute approximate surface area is 161 Å². The van der Waals surface area contributed by atoms with Gasteiger partial charge in [-0.25, -0.2) is 4.39 Å². The van der Waals surface area contributed by atoms with E-state index in [1.807, 2.05) is 19.1 Å². The highest BCUT2D eigenvalue weighted by Gasteiger charge is 2.35. The minimum Gasteiger partial charge on any atom is -0.357 e. The van der Waals surface area contributed by atoms with Gasteiger partial charge in [-0.05, 0) is 50.3 Å². The third kappa shape index (κ3) is 5.44. The molecule has 0 aromatic heterocycles. The molecule has 2 aliphatic carbocycles. The Hall–Kier alpha value is -2.11. The quantitative estimate of drug-likeness (QED) is 0.372. The topological polar surface area (TPSA) is 65.5 Å². The van der Waals surface area contributed by atoms with Crippen molar-refractivity contribution < 1.29 is 9.18 Å². The third-order valence-electron chi connectivity index (χ3n) is 5.57. The molecule has 0 aliphatic heterocycles. The zero-order chi connectivity index (χ0) is 19.1. The van der Waals surface area contributed by atoms with Crippen LogP contribution in [-0.4, -0.2) is 38.0 Å². The van der Waals surface area contributed by atoms with Gasteiger partial charge < -0.3 is 16.0 Å². The second kappa shape index (κ2) is 9.20. The molecule has 5 nitrogen and oxygen atoms in total. The zero-order valence-corrected chi connectivity index (χ0v) is 16.2. The van der Waals surface area contributed by atoms with Gasteiger partial charge in [-0.2, -0.15) is 0 Å². The Kier molecular flexibility index (Phi) is 6.69. The predicted octanol–water partition coefficient (Wildman–Crippen LogP) is 2.72. The van der Waals surface area contributed by atoms with E-state index in [1.165, 1.54) is 18.4 Å². The van der Waals surface area contributed by atoms with Crippen molar-refractivity contribution >= 4 is 11.9 Å². The smallest absolute Gasteiger partial charge is 0.223 e. The highest BCUT2D eigenvalue weighted by atomic mass is 19.1. The van der Waals surface area contributed by atoms with Crippen LogP contribution < -0.4 is 16.0 Å². The Balaban J connectivity index is 1.57. The SMILES string of the molecule is CCNC(=NCC1(c2ccc(F)cc2)CCCC1)NCCNC(=O)C1CC1. The number of nitrogens with zero attached hydrogens (tertiary/aromatic N) is 1. The van der Waals surface area contributed by atoms with Crippen LogP contribution in [0, 0.1) is 11.7 Å². The lowest BCUT2D eigenvalue weighted by atomic mass is 9.79. The number of aliphatic imine (C=N–C) groups is 1. The number of rotatable bonds is 8. The van der Waals surface area contributed by atoms with E-state index in [-0.39, 0.29) is 23.1 Å². The largest absolute Gasteiger partial charge is 0.357 e. The molecule has 1 amide bonds. The molecule has 0 bridgehead atoms. The fourth-order valence-corrected chi connectivity index (χ4v) is 3.82. The van der Waals surface area contributed by atoms with Gasteiger partial charge in [0, 0.05) is 31.0 Å². The average Bonchev–Trinajstić information content (AvgIpc) is 3.42. The number of carbonyl (C=O) groups is 1. The Morgan fingerprint density at radius 1 is 1.11 bits per heavy atom. The normalized spacial score (nSPS) is 19.0. The van der Waals surface area contributed by atoms with Crippen LogP contribution in [0.5, 0.6) is 0 Å². The van der Waals surface area contributed by atoms with Gasteiger partial charge in [-0.3, -0.25) is 9.79 Å². The van der Waals surface area contributed by atoms with Gasteiger partial charge in [0.2, 0.25) is 5.91 Å². The lowest BCUT2D eigenvalue weighted by Crippen LogP contribution is -2.42. The Morgan fingerprint density at radius 2 is 1.78 bits per heavy atom. The van der Waals surface area contributed by atoms with Crippen LogP contribution in [0.15, 0.2) is 29.3 Å². The lowest BCUT2D eigenvalue weighted by molar-refractivity contribution is -0.122. The maximum absolute atomic E-state index is 13.3. The van der Waals surface area contributed by atoms with E-state index >= 15 is 0 Å². The number of carbonyl (C=O) groups excluding carboxylic acids is 1. The first kappa shape index (κ1) is 19.6. The summed E-state index contributed by atoms with van der Waals surface area (Å²) in [6.45, 7) is 4.75. The van der Waals surface area contributed by atoms with Crippen LogP contribution in [0.3, 0.4) is 0 Å². The van der Waals surface area contributed by atoms with Crippen molar-refractivity contribution in [3.05, 3.63) is 35.6 Å². The van der Waals surface area contributed by atoms with Crippen LogP contribution >= 0.6 is 0 Å². The van der Waals surface area contributed by atoms with Crippen molar-refractivity contribution in [1.29, 1.82) is 0 Å². The first-order valence-corrected chi connectivity index (χ1v) is 10.2. The van der Waals surface area contributed by atoms with E-state index in [2.05, 4.69) is 16.0 Å². The number of hydrogen-bond donors (Lipinski definition) is 3. The van der Waals surface area contributed by atoms with Crippen LogP contribution in [0.25, 0.3) is 0 Å². The van der Waals surface area contributed by atoms with Gasteiger partial charge in [0.05, 0.1) is 6.54 Å².